The maximum absolute atomic E-state index is 13.4. The zero-order valence-corrected chi connectivity index (χ0v) is 16.2. The highest BCUT2D eigenvalue weighted by Crippen LogP contribution is 2.49. The summed E-state index contributed by atoms with van der Waals surface area (Å²) >= 11 is 0. The molecular formula is C23H23NO4. The van der Waals surface area contributed by atoms with Gasteiger partial charge in [0.15, 0.2) is 5.72 Å². The van der Waals surface area contributed by atoms with Gasteiger partial charge in [-0.15, -0.1) is 0 Å². The molecule has 28 heavy (non-hydrogen) atoms. The molecule has 0 unspecified atom stereocenters. The van der Waals surface area contributed by atoms with E-state index in [4.69, 9.17) is 9.47 Å². The molecule has 0 spiro atoms. The maximum atomic E-state index is 13.4. The second kappa shape index (κ2) is 6.60. The fourth-order valence-corrected chi connectivity index (χ4v) is 3.75. The molecule has 0 N–H and O–H groups in total. The number of carbonyl (C=O) groups excluding carboxylic acids is 2. The molecule has 4 rings (SSSR count). The van der Waals surface area contributed by atoms with Gasteiger partial charge in [0.05, 0.1) is 12.6 Å². The molecule has 2 aliphatic rings. The van der Waals surface area contributed by atoms with Crippen molar-refractivity contribution < 1.29 is 19.1 Å². The van der Waals surface area contributed by atoms with E-state index in [9.17, 15) is 9.59 Å². The van der Waals surface area contributed by atoms with Crippen LogP contribution in [0.15, 0.2) is 72.3 Å². The highest BCUT2D eigenvalue weighted by Gasteiger charge is 2.57. The summed E-state index contributed by atoms with van der Waals surface area (Å²) in [6.07, 6.45) is 1.61. The molecule has 0 saturated carbocycles. The molecule has 0 aromatic heterocycles. The first kappa shape index (κ1) is 18.4. The number of carbonyl (C=O) groups is 2. The minimum absolute atomic E-state index is 0.0133. The average Bonchev–Trinajstić information content (AvgIpc) is 3.19. The smallest absolute Gasteiger partial charge is 0.344 e. The Balaban J connectivity index is 1.80. The van der Waals surface area contributed by atoms with Crippen LogP contribution < -0.4 is 0 Å². The van der Waals surface area contributed by atoms with Crippen molar-refractivity contribution in [3.05, 3.63) is 83.4 Å². The second-order valence-corrected chi connectivity index (χ2v) is 8.04. The molecule has 1 amide bonds. The first-order chi connectivity index (χ1) is 13.3. The van der Waals surface area contributed by atoms with Crippen molar-refractivity contribution in [2.45, 2.75) is 38.1 Å². The number of rotatable bonds is 3. The molecule has 0 bridgehead atoms. The van der Waals surface area contributed by atoms with Crippen molar-refractivity contribution in [2.24, 2.45) is 0 Å². The zero-order valence-electron chi connectivity index (χ0n) is 16.2. The predicted molar refractivity (Wildman–Crippen MR) is 104 cm³/mol. The van der Waals surface area contributed by atoms with E-state index in [0.29, 0.717) is 6.61 Å². The zero-order chi connectivity index (χ0) is 19.9. The van der Waals surface area contributed by atoms with Gasteiger partial charge in [0, 0.05) is 5.56 Å². The number of ether oxygens (including phenoxy) is 2. The van der Waals surface area contributed by atoms with Crippen LogP contribution in [0, 0.1) is 0 Å². The van der Waals surface area contributed by atoms with Crippen molar-refractivity contribution in [1.82, 2.24) is 4.90 Å². The Morgan fingerprint density at radius 2 is 1.68 bits per heavy atom. The number of hydrogen-bond acceptors (Lipinski definition) is 4. The molecule has 2 atom stereocenters. The predicted octanol–water partition coefficient (Wildman–Crippen LogP) is 3.72. The Hall–Kier alpha value is -2.92. The third kappa shape index (κ3) is 3.02. The molecule has 1 saturated heterocycles. The van der Waals surface area contributed by atoms with Crippen molar-refractivity contribution in [1.29, 1.82) is 0 Å². The van der Waals surface area contributed by atoms with Crippen LogP contribution in [0.1, 0.15) is 37.9 Å². The maximum Gasteiger partial charge on any atom is 0.344 e. The lowest BCUT2D eigenvalue weighted by molar-refractivity contribution is -0.152. The Labute approximate surface area is 164 Å². The normalized spacial score (nSPS) is 24.1. The molecule has 0 radical (unpaired) electrons. The van der Waals surface area contributed by atoms with Crippen LogP contribution in [0.3, 0.4) is 0 Å². The summed E-state index contributed by atoms with van der Waals surface area (Å²) in [4.78, 5) is 27.7. The van der Waals surface area contributed by atoms with E-state index >= 15 is 0 Å². The van der Waals surface area contributed by atoms with Gasteiger partial charge in [-0.2, -0.15) is 0 Å². The summed E-state index contributed by atoms with van der Waals surface area (Å²) in [5, 5.41) is 0. The largest absolute Gasteiger partial charge is 0.456 e. The highest BCUT2D eigenvalue weighted by molar-refractivity contribution is 6.18. The van der Waals surface area contributed by atoms with Crippen LogP contribution in [-0.2, 0) is 24.8 Å². The molecule has 2 aliphatic heterocycles. The van der Waals surface area contributed by atoms with Crippen LogP contribution in [0.4, 0.5) is 0 Å². The van der Waals surface area contributed by atoms with Gasteiger partial charge in [0.2, 0.25) is 0 Å². The number of hydrogen-bond donors (Lipinski definition) is 0. The minimum Gasteiger partial charge on any atom is -0.456 e. The van der Waals surface area contributed by atoms with Gasteiger partial charge >= 0.3 is 5.97 Å². The fourth-order valence-electron chi connectivity index (χ4n) is 3.75. The van der Waals surface area contributed by atoms with Gasteiger partial charge in [0.25, 0.3) is 5.91 Å². The van der Waals surface area contributed by atoms with E-state index in [-0.39, 0.29) is 17.5 Å². The Morgan fingerprint density at radius 3 is 2.29 bits per heavy atom. The first-order valence-corrected chi connectivity index (χ1v) is 9.36. The minimum atomic E-state index is -1.11. The SMILES string of the molecule is CC(C)(C)OC(=O)C1=C[C@@]2(c3ccccc3)OC[C@H](c3ccccc3)N2C1=O. The van der Waals surface area contributed by atoms with E-state index in [1.54, 1.807) is 31.7 Å². The molecule has 0 aliphatic carbocycles. The molecule has 5 heteroatoms. The van der Waals surface area contributed by atoms with Crippen molar-refractivity contribution in [3.63, 3.8) is 0 Å². The summed E-state index contributed by atoms with van der Waals surface area (Å²) in [5.41, 5.74) is -0.0112. The number of esters is 1. The van der Waals surface area contributed by atoms with E-state index < -0.39 is 17.3 Å². The summed E-state index contributed by atoms with van der Waals surface area (Å²) in [5.74, 6) is -0.998. The van der Waals surface area contributed by atoms with Gasteiger partial charge in [0.1, 0.15) is 11.2 Å². The van der Waals surface area contributed by atoms with Crippen LogP contribution in [0.2, 0.25) is 0 Å². The van der Waals surface area contributed by atoms with Gasteiger partial charge in [-0.3, -0.25) is 9.69 Å². The monoisotopic (exact) mass is 377 g/mol. The second-order valence-electron chi connectivity index (χ2n) is 8.04. The average molecular weight is 377 g/mol. The number of benzene rings is 2. The quantitative estimate of drug-likeness (QED) is 0.604. The fraction of sp³-hybridized carbons (Fsp3) is 0.304. The van der Waals surface area contributed by atoms with Crippen molar-refractivity contribution in [3.8, 4) is 0 Å². The summed E-state index contributed by atoms with van der Waals surface area (Å²) in [7, 11) is 0. The molecule has 2 aromatic carbocycles. The van der Waals surface area contributed by atoms with E-state index in [1.165, 1.54) is 0 Å². The van der Waals surface area contributed by atoms with Crippen LogP contribution in [0.5, 0.6) is 0 Å². The number of amides is 1. The van der Waals surface area contributed by atoms with Gasteiger partial charge in [-0.05, 0) is 32.4 Å². The van der Waals surface area contributed by atoms with E-state index in [0.717, 1.165) is 11.1 Å². The molecule has 1 fully saturated rings. The standard InChI is InChI=1S/C23H23NO4/c1-22(2,3)28-21(26)18-14-23(17-12-8-5-9-13-17)24(20(18)25)19(15-27-23)16-10-6-4-7-11-16/h4-14,19H,15H2,1-3H3/t19-,23+/m1/s1. The summed E-state index contributed by atoms with van der Waals surface area (Å²) in [6.45, 7) is 5.69. The molecular weight excluding hydrogens is 354 g/mol. The third-order valence-electron chi connectivity index (χ3n) is 4.91. The summed E-state index contributed by atoms with van der Waals surface area (Å²) < 4.78 is 11.7. The molecule has 2 aromatic rings. The third-order valence-corrected chi connectivity index (χ3v) is 4.91. The Morgan fingerprint density at radius 1 is 1.07 bits per heavy atom. The van der Waals surface area contributed by atoms with Crippen LogP contribution in [0.25, 0.3) is 0 Å². The van der Waals surface area contributed by atoms with E-state index in [2.05, 4.69) is 0 Å². The van der Waals surface area contributed by atoms with Crippen molar-refractivity contribution >= 4 is 11.9 Å². The van der Waals surface area contributed by atoms with Gasteiger partial charge in [-0.25, -0.2) is 4.79 Å². The topological polar surface area (TPSA) is 55.8 Å². The van der Waals surface area contributed by atoms with Crippen LogP contribution in [-0.4, -0.2) is 29.0 Å². The van der Waals surface area contributed by atoms with Gasteiger partial charge in [-0.1, -0.05) is 60.7 Å². The number of nitrogens with zero attached hydrogens (tertiary/aromatic N) is 1. The van der Waals surface area contributed by atoms with Gasteiger partial charge < -0.3 is 9.47 Å². The highest BCUT2D eigenvalue weighted by atomic mass is 16.6. The Bertz CT molecular complexity index is 930. The van der Waals surface area contributed by atoms with E-state index in [1.807, 2.05) is 60.7 Å². The summed E-state index contributed by atoms with van der Waals surface area (Å²) in [6, 6.07) is 18.9. The molecule has 2 heterocycles. The Kier molecular flexibility index (Phi) is 4.35. The molecule has 144 valence electrons. The lowest BCUT2D eigenvalue weighted by atomic mass is 10.0. The number of fused-ring (bicyclic) bond motifs is 1. The first-order valence-electron chi connectivity index (χ1n) is 9.36. The lowest BCUT2D eigenvalue weighted by Gasteiger charge is -2.33. The van der Waals surface area contributed by atoms with Crippen LogP contribution >= 0.6 is 0 Å². The lowest BCUT2D eigenvalue weighted by Crippen LogP contribution is -2.41. The molecule has 5 nitrogen and oxygen atoms in total. The van der Waals surface area contributed by atoms with Crippen molar-refractivity contribution in [2.75, 3.05) is 6.61 Å².